The van der Waals surface area contributed by atoms with Crippen molar-refractivity contribution >= 4 is 63.0 Å². The zero-order chi connectivity index (χ0) is 63.0. The molecule has 90 heavy (non-hydrogen) atoms. The van der Waals surface area contributed by atoms with Gasteiger partial charge in [0.15, 0.2) is 5.78 Å². The molecule has 6 aliphatic heterocycles. The van der Waals surface area contributed by atoms with E-state index < -0.39 is 35.5 Å². The normalized spacial score (nSPS) is 20.2. The van der Waals surface area contributed by atoms with Crippen LogP contribution in [0.2, 0.25) is 10.0 Å². The average Bonchev–Trinajstić information content (AvgIpc) is 1.56. The second-order valence-electron chi connectivity index (χ2n) is 28.0. The molecule has 0 radical (unpaired) electrons. The number of likely N-dealkylation sites (tertiary alicyclic amines) is 4. The summed E-state index contributed by atoms with van der Waals surface area (Å²) in [7, 11) is 0. The lowest BCUT2D eigenvalue weighted by Crippen LogP contribution is -2.36. The Kier molecular flexibility index (Phi) is 19.8. The summed E-state index contributed by atoms with van der Waals surface area (Å²) in [4.78, 5) is 56.0. The molecule has 2 unspecified atom stereocenters. The van der Waals surface area contributed by atoms with E-state index in [1.165, 1.54) is 38.5 Å². The molecule has 8 heterocycles. The van der Waals surface area contributed by atoms with Gasteiger partial charge < -0.3 is 39.0 Å². The highest BCUT2D eigenvalue weighted by Gasteiger charge is 2.44. The molecule has 0 saturated carbocycles. The van der Waals surface area contributed by atoms with Crippen molar-refractivity contribution in [1.82, 2.24) is 39.4 Å². The molecule has 4 N–H and O–H groups in total. The molecule has 4 saturated heterocycles. The fraction of sp³-hybridized carbons (Fsp3) is 0.563. The number of benzene rings is 4. The number of carbonyl (C=O) groups is 3. The van der Waals surface area contributed by atoms with Gasteiger partial charge in [0.2, 0.25) is 0 Å². The zero-order valence-electron chi connectivity index (χ0n) is 53.6. The number of hydrogen-bond acceptors (Lipinski definition) is 15. The molecule has 19 heteroatoms. The maximum absolute atomic E-state index is 16.4. The van der Waals surface area contributed by atoms with Gasteiger partial charge >= 0.3 is 12.2 Å². The minimum Gasteiger partial charge on any atom is -0.492 e. The summed E-state index contributed by atoms with van der Waals surface area (Å²) < 4.78 is 29.1. The third kappa shape index (κ3) is 14.5. The summed E-state index contributed by atoms with van der Waals surface area (Å²) in [6.07, 6.45) is 9.90. The summed E-state index contributed by atoms with van der Waals surface area (Å²) in [6, 6.07) is 18.5. The van der Waals surface area contributed by atoms with Crippen LogP contribution in [0.15, 0.2) is 60.7 Å². The lowest BCUT2D eigenvalue weighted by atomic mass is 9.87. The Labute approximate surface area is 540 Å². The molecule has 12 rings (SSSR count). The molecule has 484 valence electrons. The first-order valence-corrected chi connectivity index (χ1v) is 34.0. The van der Waals surface area contributed by atoms with Gasteiger partial charge in [-0.15, -0.1) is 0 Å². The molecule has 0 bridgehead atoms. The van der Waals surface area contributed by atoms with E-state index in [1.807, 2.05) is 77.9 Å². The molecule has 6 aliphatic rings. The molecule has 4 aromatic carbocycles. The molecule has 0 spiro atoms. The summed E-state index contributed by atoms with van der Waals surface area (Å²) in [5, 5.41) is 30.1. The molecule has 0 amide bonds. The average molecular weight is 1270 g/mol. The van der Waals surface area contributed by atoms with Crippen LogP contribution in [0.4, 0.5) is 9.59 Å². The predicted molar refractivity (Wildman–Crippen MR) is 354 cm³/mol. The summed E-state index contributed by atoms with van der Waals surface area (Å²) in [5.74, 6) is 0.669. The number of Topliss-reactive ketones (excluding diaryl/α,β-unsaturated/α-hetero) is 1. The van der Waals surface area contributed by atoms with Crippen LogP contribution < -0.4 is 20.1 Å². The molecule has 6 aromatic rings. The van der Waals surface area contributed by atoms with Crippen LogP contribution >= 0.6 is 23.2 Å². The van der Waals surface area contributed by atoms with E-state index in [1.54, 1.807) is 9.13 Å². The zero-order valence-corrected chi connectivity index (χ0v) is 55.1. The van der Waals surface area contributed by atoms with Gasteiger partial charge in [-0.05, 0) is 214 Å². The molecule has 4 fully saturated rings. The van der Waals surface area contributed by atoms with E-state index >= 15 is 4.79 Å². The standard InChI is InChI=1S/C71H92Cl2N8O9/c1-70(2,3)89-68(85)80-55-17-15-45(43-78-23-9-7-10-24-78)35-47(55)37-57(80)51-39-59(87-33-13-27-76-29-19-49(82)20-30-76)63(72)53-41-74-65(61(51)53)67(84)66-62-52(40-60(64(73)54(62)42-75-66)88-34-14-28-77-31-21-50(83)22-32-77)58-38-48-36-46(44-79-25-11-8-12-26-79)16-18-56(48)81(58)69(86)90-71(4,5)6/h15-18,35-40,49-50,65-66,74-75,82-83H,7-14,19-34,41-44H2,1-6H3. The van der Waals surface area contributed by atoms with Crippen molar-refractivity contribution in [3.8, 4) is 34.0 Å². The van der Waals surface area contributed by atoms with Crippen LogP contribution in [0.1, 0.15) is 164 Å². The SMILES string of the molecule is CC(C)(C)OC(=O)n1c(-c2cc(OCCCN3CCC(O)CC3)c(Cl)c3c2C(C(=O)C2NCc4c(Cl)c(OCCCN5CCC(O)CC5)cc(-c5cc6cc(CN7CCCCC7)ccc6n5C(=O)OC(C)(C)C)c42)NC3)cc2cc(CN3CCCCC3)ccc21. The smallest absolute Gasteiger partial charge is 0.419 e. The minimum absolute atomic E-state index is 0.213. The highest BCUT2D eigenvalue weighted by atomic mass is 35.5. The van der Waals surface area contributed by atoms with Gasteiger partial charge in [0.05, 0.1) is 70.0 Å². The number of piperidine rings is 4. The summed E-state index contributed by atoms with van der Waals surface area (Å²) >= 11 is 15.1. The Morgan fingerprint density at radius 1 is 0.522 bits per heavy atom. The van der Waals surface area contributed by atoms with Crippen LogP contribution in [0.5, 0.6) is 11.5 Å². The van der Waals surface area contributed by atoms with Gasteiger partial charge in [-0.1, -0.05) is 48.2 Å². The molecule has 2 aromatic heterocycles. The van der Waals surface area contributed by atoms with Crippen molar-refractivity contribution in [2.45, 2.75) is 180 Å². The van der Waals surface area contributed by atoms with E-state index in [0.717, 1.165) is 139 Å². The van der Waals surface area contributed by atoms with Gasteiger partial charge in [0.1, 0.15) is 22.7 Å². The molecule has 2 atom stereocenters. The van der Waals surface area contributed by atoms with Crippen LogP contribution in [0, 0.1) is 0 Å². The van der Waals surface area contributed by atoms with Gasteiger partial charge in [0.25, 0.3) is 0 Å². The number of aliphatic hydroxyl groups is 2. The number of carbonyl (C=O) groups excluding carboxylic acids is 3. The number of ether oxygens (including phenoxy) is 4. The van der Waals surface area contributed by atoms with Crippen molar-refractivity contribution in [3.05, 3.63) is 104 Å². The molecular formula is C71H92Cl2N8O9. The van der Waals surface area contributed by atoms with Crippen LogP contribution in [0.3, 0.4) is 0 Å². The predicted octanol–water partition coefficient (Wildman–Crippen LogP) is 12.8. The van der Waals surface area contributed by atoms with E-state index in [9.17, 15) is 19.8 Å². The minimum atomic E-state index is -0.966. The Morgan fingerprint density at radius 2 is 0.911 bits per heavy atom. The number of aliphatic hydroxyl groups excluding tert-OH is 2. The number of hydrogen-bond donors (Lipinski definition) is 4. The van der Waals surface area contributed by atoms with Crippen LogP contribution in [-0.4, -0.2) is 159 Å². The third-order valence-electron chi connectivity index (χ3n) is 18.9. The van der Waals surface area contributed by atoms with Crippen molar-refractivity contribution in [3.63, 3.8) is 0 Å². The Bertz CT molecular complexity index is 3370. The van der Waals surface area contributed by atoms with Crippen LogP contribution in [-0.2, 0) is 40.4 Å². The lowest BCUT2D eigenvalue weighted by molar-refractivity contribution is -0.123. The highest BCUT2D eigenvalue weighted by molar-refractivity contribution is 6.34. The fourth-order valence-electron chi connectivity index (χ4n) is 14.4. The summed E-state index contributed by atoms with van der Waals surface area (Å²) in [5.41, 5.74) is 6.83. The Balaban J connectivity index is 0.969. The van der Waals surface area contributed by atoms with Gasteiger partial charge in [0, 0.05) is 87.3 Å². The number of nitrogens with zero attached hydrogens (tertiary/aromatic N) is 6. The summed E-state index contributed by atoms with van der Waals surface area (Å²) in [6.45, 7) is 22.9. The van der Waals surface area contributed by atoms with E-state index in [2.05, 4.69) is 54.5 Å². The largest absolute Gasteiger partial charge is 0.492 e. The van der Waals surface area contributed by atoms with Crippen LogP contribution in [0.25, 0.3) is 44.3 Å². The van der Waals surface area contributed by atoms with Gasteiger partial charge in [-0.2, -0.15) is 0 Å². The molecular weight excluding hydrogens is 1180 g/mol. The number of halogens is 2. The fourth-order valence-corrected chi connectivity index (χ4v) is 15.0. The van der Waals surface area contributed by atoms with E-state index in [-0.39, 0.29) is 31.1 Å². The van der Waals surface area contributed by atoms with Gasteiger partial charge in [-0.25, -0.2) is 18.7 Å². The van der Waals surface area contributed by atoms with Gasteiger partial charge in [-0.3, -0.25) is 25.2 Å². The monoisotopic (exact) mass is 1270 g/mol. The second-order valence-corrected chi connectivity index (χ2v) is 28.7. The maximum Gasteiger partial charge on any atom is 0.419 e. The number of ketones is 1. The number of nitrogens with one attached hydrogen (secondary N) is 2. The number of aromatic nitrogens is 2. The van der Waals surface area contributed by atoms with Crippen molar-refractivity contribution in [2.75, 3.05) is 78.7 Å². The van der Waals surface area contributed by atoms with Crippen molar-refractivity contribution in [2.24, 2.45) is 0 Å². The quantitative estimate of drug-likeness (QED) is 0.0598. The highest BCUT2D eigenvalue weighted by Crippen LogP contribution is 2.50. The van der Waals surface area contributed by atoms with E-state index in [0.29, 0.717) is 90.6 Å². The maximum atomic E-state index is 16.4. The Morgan fingerprint density at radius 3 is 1.29 bits per heavy atom. The van der Waals surface area contributed by atoms with Crippen molar-refractivity contribution in [1.29, 1.82) is 0 Å². The Hall–Kier alpha value is -5.57. The molecule has 17 nitrogen and oxygen atoms in total. The first kappa shape index (κ1) is 64.5. The third-order valence-corrected chi connectivity index (χ3v) is 19.7. The topological polar surface area (TPSA) is 175 Å². The first-order chi connectivity index (χ1) is 43.2. The first-order valence-electron chi connectivity index (χ1n) is 33.2. The molecule has 0 aliphatic carbocycles. The van der Waals surface area contributed by atoms with Crippen molar-refractivity contribution < 1.29 is 43.5 Å². The van der Waals surface area contributed by atoms with E-state index in [4.69, 9.17) is 42.1 Å². The number of fused-ring (bicyclic) bond motifs is 4. The lowest BCUT2D eigenvalue weighted by Gasteiger charge is -2.29. The second kappa shape index (κ2) is 27.6. The number of rotatable bonds is 18.